The van der Waals surface area contributed by atoms with Crippen molar-refractivity contribution in [3.63, 3.8) is 0 Å². The van der Waals surface area contributed by atoms with Crippen LogP contribution in [0.15, 0.2) is 30.5 Å². The number of halogens is 3. The second kappa shape index (κ2) is 13.7. The van der Waals surface area contributed by atoms with Crippen molar-refractivity contribution in [3.8, 4) is 11.3 Å². The number of H-pyrrole nitrogens is 1. The molecule has 0 radical (unpaired) electrons. The van der Waals surface area contributed by atoms with Gasteiger partial charge in [0, 0.05) is 0 Å². The Labute approximate surface area is 202 Å². The zero-order valence-corrected chi connectivity index (χ0v) is 20.6. The maximum atomic E-state index is 10.9. The number of aliphatic carboxylic acids is 1. The number of nitrogens with one attached hydrogen (secondary N) is 1. The average molecular weight is 523 g/mol. The van der Waals surface area contributed by atoms with Crippen molar-refractivity contribution in [3.05, 3.63) is 41.9 Å². The summed E-state index contributed by atoms with van der Waals surface area (Å²) < 4.78 is 47.2. The monoisotopic (exact) mass is 523 g/mol. The fourth-order valence-corrected chi connectivity index (χ4v) is 3.44. The van der Waals surface area contributed by atoms with Gasteiger partial charge in [-0.3, -0.25) is 4.52 Å². The molecule has 0 amide bonds. The molecular weight excluding hydrogens is 490 g/mol. The minimum atomic E-state index is -5.08. The molecule has 35 heavy (non-hydrogen) atoms. The van der Waals surface area contributed by atoms with Gasteiger partial charge in [0.15, 0.2) is 0 Å². The molecule has 13 heteroatoms. The largest absolute Gasteiger partial charge is 0.490 e. The Morgan fingerprint density at radius 1 is 1.11 bits per heavy atom. The van der Waals surface area contributed by atoms with Crippen molar-refractivity contribution in [2.75, 3.05) is 6.61 Å². The number of benzene rings is 1. The van der Waals surface area contributed by atoms with Gasteiger partial charge >= 0.3 is 20.0 Å². The fraction of sp³-hybridized carbons (Fsp3) is 0.545. The zero-order valence-electron chi connectivity index (χ0n) is 19.7. The maximum absolute atomic E-state index is 10.9. The number of aromatic nitrogens is 2. The number of aryl methyl sites for hydroxylation is 1. The first kappa shape index (κ1) is 30.8. The molecule has 9 nitrogen and oxygen atoms in total. The van der Waals surface area contributed by atoms with Gasteiger partial charge in [0.05, 0.1) is 24.0 Å². The molecular formula is C22H33F3N3O6P. The van der Waals surface area contributed by atoms with Crippen LogP contribution in [0.2, 0.25) is 0 Å². The van der Waals surface area contributed by atoms with Crippen LogP contribution in [-0.2, 0) is 25.8 Å². The number of nitrogens with two attached hydrogens (primary N) is 1. The third-order valence-electron chi connectivity index (χ3n) is 4.98. The molecule has 0 spiro atoms. The number of carbonyl (C=O) groups is 1. The lowest BCUT2D eigenvalue weighted by molar-refractivity contribution is -0.192. The fourth-order valence-electron chi connectivity index (χ4n) is 3.01. The highest BCUT2D eigenvalue weighted by atomic mass is 31.2. The number of aromatic amines is 1. The molecule has 198 valence electrons. The molecule has 1 heterocycles. The standard InChI is InChI=1S/C20H32N3O4P.C2HF3O2/c1-3-4-5-6-7-8-9-16-10-12-17(13-11-16)18-14-22-19(23-18)20(2,21)15-27-28(24,25)26;3-2(4,5)1(6)7/h10-14H,3-9,15,21H2,1-2H3,(H,22,23)(H2,24,25,26);(H,6,7). The molecule has 0 aliphatic heterocycles. The summed E-state index contributed by atoms with van der Waals surface area (Å²) in [5.74, 6) is -2.35. The predicted molar refractivity (Wildman–Crippen MR) is 124 cm³/mol. The number of unbranched alkanes of at least 4 members (excludes halogenated alkanes) is 5. The number of carboxylic acids is 1. The number of phosphoric ester groups is 1. The molecule has 0 bridgehead atoms. The molecule has 2 rings (SSSR count). The highest BCUT2D eigenvalue weighted by Crippen LogP contribution is 2.37. The van der Waals surface area contributed by atoms with Gasteiger partial charge < -0.3 is 25.6 Å². The molecule has 0 fully saturated rings. The highest BCUT2D eigenvalue weighted by Gasteiger charge is 2.38. The number of rotatable bonds is 12. The zero-order chi connectivity index (χ0) is 26.7. The van der Waals surface area contributed by atoms with Crippen LogP contribution < -0.4 is 5.73 Å². The second-order valence-electron chi connectivity index (χ2n) is 8.34. The van der Waals surface area contributed by atoms with E-state index in [2.05, 4.69) is 33.5 Å². The van der Waals surface area contributed by atoms with E-state index in [-0.39, 0.29) is 6.61 Å². The van der Waals surface area contributed by atoms with E-state index in [0.29, 0.717) is 5.82 Å². The normalized spacial score (nSPS) is 13.6. The van der Waals surface area contributed by atoms with Crippen LogP contribution in [0.3, 0.4) is 0 Å². The quantitative estimate of drug-likeness (QED) is 0.194. The van der Waals surface area contributed by atoms with Crippen LogP contribution in [0.5, 0.6) is 0 Å². The van der Waals surface area contributed by atoms with Crippen molar-refractivity contribution >= 4 is 13.8 Å². The van der Waals surface area contributed by atoms with Gasteiger partial charge in [-0.2, -0.15) is 13.2 Å². The Hall–Kier alpha value is -2.24. The minimum absolute atomic E-state index is 0.346. The molecule has 0 aliphatic carbocycles. The van der Waals surface area contributed by atoms with Gasteiger partial charge in [-0.25, -0.2) is 14.3 Å². The number of imidazole rings is 1. The van der Waals surface area contributed by atoms with E-state index >= 15 is 0 Å². The second-order valence-corrected chi connectivity index (χ2v) is 9.58. The number of alkyl halides is 3. The van der Waals surface area contributed by atoms with E-state index in [9.17, 15) is 17.7 Å². The van der Waals surface area contributed by atoms with Crippen LogP contribution in [0.4, 0.5) is 13.2 Å². The van der Waals surface area contributed by atoms with Crippen LogP contribution in [0.1, 0.15) is 63.8 Å². The molecule has 0 saturated heterocycles. The summed E-state index contributed by atoms with van der Waals surface area (Å²) in [6, 6.07) is 8.34. The smallest absolute Gasteiger partial charge is 0.475 e. The molecule has 2 aromatic rings. The van der Waals surface area contributed by atoms with Crippen molar-refractivity contribution in [1.82, 2.24) is 9.97 Å². The lowest BCUT2D eigenvalue weighted by Gasteiger charge is -2.22. The first-order valence-electron chi connectivity index (χ1n) is 11.1. The molecule has 6 N–H and O–H groups in total. The maximum Gasteiger partial charge on any atom is 0.490 e. The van der Waals surface area contributed by atoms with Gasteiger partial charge in [-0.05, 0) is 30.9 Å². The molecule has 1 aromatic heterocycles. The predicted octanol–water partition coefficient (Wildman–Crippen LogP) is 4.90. The third-order valence-corrected chi connectivity index (χ3v) is 5.44. The molecule has 1 aromatic carbocycles. The summed E-state index contributed by atoms with van der Waals surface area (Å²) in [6.07, 6.45) is 5.40. The first-order chi connectivity index (χ1) is 16.2. The molecule has 1 unspecified atom stereocenters. The summed E-state index contributed by atoms with van der Waals surface area (Å²) in [5, 5.41) is 7.12. The summed E-state index contributed by atoms with van der Waals surface area (Å²) in [4.78, 5) is 34.0. The number of carboxylic acid groups (broad SMARTS) is 1. The summed E-state index contributed by atoms with van der Waals surface area (Å²) >= 11 is 0. The SMILES string of the molecule is CCCCCCCCc1ccc(-c2cnc(C(C)(N)COP(=O)(O)O)[nH]2)cc1.O=C(O)C(F)(F)F. The van der Waals surface area contributed by atoms with Gasteiger partial charge in [0.2, 0.25) is 0 Å². The Morgan fingerprint density at radius 3 is 2.17 bits per heavy atom. The van der Waals surface area contributed by atoms with Crippen molar-refractivity contribution in [2.24, 2.45) is 5.73 Å². The van der Waals surface area contributed by atoms with E-state index in [1.165, 1.54) is 44.1 Å². The van der Waals surface area contributed by atoms with E-state index in [0.717, 1.165) is 17.7 Å². The van der Waals surface area contributed by atoms with Gasteiger partial charge in [-0.1, -0.05) is 63.3 Å². The molecule has 0 saturated carbocycles. The van der Waals surface area contributed by atoms with E-state index < -0.39 is 25.5 Å². The van der Waals surface area contributed by atoms with Crippen LogP contribution in [0, 0.1) is 0 Å². The van der Waals surface area contributed by atoms with Crippen molar-refractivity contribution in [2.45, 2.75) is 70.5 Å². The first-order valence-corrected chi connectivity index (χ1v) is 12.6. The van der Waals surface area contributed by atoms with Crippen molar-refractivity contribution in [1.29, 1.82) is 0 Å². The third kappa shape index (κ3) is 12.3. The Kier molecular flexibility index (Phi) is 12.1. The lowest BCUT2D eigenvalue weighted by atomic mass is 10.0. The Morgan fingerprint density at radius 2 is 1.66 bits per heavy atom. The Balaban J connectivity index is 0.000000762. The number of nitrogens with zero attached hydrogens (tertiary/aromatic N) is 1. The Bertz CT molecular complexity index is 958. The summed E-state index contributed by atoms with van der Waals surface area (Å²) in [6.45, 7) is 3.49. The van der Waals surface area contributed by atoms with Gasteiger partial charge in [0.1, 0.15) is 5.82 Å². The van der Waals surface area contributed by atoms with Crippen LogP contribution in [-0.4, -0.2) is 43.6 Å². The minimum Gasteiger partial charge on any atom is -0.475 e. The lowest BCUT2D eigenvalue weighted by Crippen LogP contribution is -2.39. The van der Waals surface area contributed by atoms with E-state index in [1.54, 1.807) is 13.1 Å². The number of hydrogen-bond donors (Lipinski definition) is 5. The van der Waals surface area contributed by atoms with Crippen LogP contribution >= 0.6 is 7.82 Å². The topological polar surface area (TPSA) is 159 Å². The number of phosphoric acid groups is 1. The van der Waals surface area contributed by atoms with E-state index in [4.69, 9.17) is 25.4 Å². The van der Waals surface area contributed by atoms with Gasteiger partial charge in [0.25, 0.3) is 0 Å². The number of hydrogen-bond acceptors (Lipinski definition) is 5. The molecule has 1 atom stereocenters. The molecule has 0 aliphatic rings. The van der Waals surface area contributed by atoms with Gasteiger partial charge in [-0.15, -0.1) is 0 Å². The summed E-state index contributed by atoms with van der Waals surface area (Å²) in [5.41, 5.74) is 8.06. The average Bonchev–Trinajstić information content (AvgIpc) is 3.26. The summed E-state index contributed by atoms with van der Waals surface area (Å²) in [7, 11) is -4.58. The van der Waals surface area contributed by atoms with Crippen LogP contribution in [0.25, 0.3) is 11.3 Å². The van der Waals surface area contributed by atoms with Crippen molar-refractivity contribution < 1.29 is 41.9 Å². The van der Waals surface area contributed by atoms with E-state index in [1.807, 2.05) is 12.1 Å². The highest BCUT2D eigenvalue weighted by molar-refractivity contribution is 7.46.